The van der Waals surface area contributed by atoms with Crippen LogP contribution in [0, 0.1) is 6.92 Å². The van der Waals surface area contributed by atoms with E-state index in [2.05, 4.69) is 20.3 Å². The fourth-order valence-electron chi connectivity index (χ4n) is 3.33. The molecule has 28 heavy (non-hydrogen) atoms. The Bertz CT molecular complexity index is 905. The lowest BCUT2D eigenvalue weighted by atomic mass is 10.1. The summed E-state index contributed by atoms with van der Waals surface area (Å²) < 4.78 is 11.5. The Morgan fingerprint density at radius 3 is 3.04 bits per heavy atom. The number of nitrogens with zero attached hydrogens (tertiary/aromatic N) is 2. The van der Waals surface area contributed by atoms with Crippen LogP contribution < -0.4 is 10.1 Å². The SMILES string of the molecule is Cc1ccc(O[C@H]2COCC[C@H]2NC(=O)CCc2nc3ccccc3[nH]2)cn1. The zero-order valence-electron chi connectivity index (χ0n) is 15.9. The first-order valence-corrected chi connectivity index (χ1v) is 9.57. The van der Waals surface area contributed by atoms with E-state index in [1.807, 2.05) is 43.3 Å². The number of imidazole rings is 1. The number of hydrogen-bond donors (Lipinski definition) is 2. The summed E-state index contributed by atoms with van der Waals surface area (Å²) in [6.45, 7) is 2.99. The monoisotopic (exact) mass is 380 g/mol. The lowest BCUT2D eigenvalue weighted by Gasteiger charge is -2.32. The molecule has 1 aliphatic heterocycles. The summed E-state index contributed by atoms with van der Waals surface area (Å²) in [6.07, 6.45) is 3.13. The van der Waals surface area contributed by atoms with Crippen molar-refractivity contribution < 1.29 is 14.3 Å². The third-order valence-corrected chi connectivity index (χ3v) is 4.85. The number of carbonyl (C=O) groups is 1. The molecular weight excluding hydrogens is 356 g/mol. The first kappa shape index (κ1) is 18.4. The molecule has 0 bridgehead atoms. The zero-order valence-corrected chi connectivity index (χ0v) is 15.9. The van der Waals surface area contributed by atoms with Crippen LogP contribution in [0.5, 0.6) is 5.75 Å². The number of fused-ring (bicyclic) bond motifs is 1. The molecule has 0 aliphatic carbocycles. The van der Waals surface area contributed by atoms with Crippen molar-refractivity contribution in [2.75, 3.05) is 13.2 Å². The summed E-state index contributed by atoms with van der Waals surface area (Å²) in [6, 6.07) is 11.6. The van der Waals surface area contributed by atoms with E-state index in [9.17, 15) is 4.79 Å². The Hall–Kier alpha value is -2.93. The molecule has 1 amide bonds. The molecule has 1 fully saturated rings. The molecule has 2 N–H and O–H groups in total. The van der Waals surface area contributed by atoms with Gasteiger partial charge in [-0.2, -0.15) is 0 Å². The van der Waals surface area contributed by atoms with Crippen LogP contribution in [0.3, 0.4) is 0 Å². The van der Waals surface area contributed by atoms with E-state index in [0.29, 0.717) is 31.8 Å². The molecule has 0 saturated carbocycles. The summed E-state index contributed by atoms with van der Waals surface area (Å²) in [5.74, 6) is 1.49. The van der Waals surface area contributed by atoms with Gasteiger partial charge in [-0.3, -0.25) is 9.78 Å². The van der Waals surface area contributed by atoms with Crippen molar-refractivity contribution >= 4 is 16.9 Å². The maximum absolute atomic E-state index is 12.5. The predicted octanol–water partition coefficient (Wildman–Crippen LogP) is 2.55. The Labute approximate surface area is 163 Å². The number of aromatic nitrogens is 3. The fraction of sp³-hybridized carbons (Fsp3) is 0.381. The third-order valence-electron chi connectivity index (χ3n) is 4.85. The van der Waals surface area contributed by atoms with Crippen molar-refractivity contribution in [3.8, 4) is 5.75 Å². The van der Waals surface area contributed by atoms with Gasteiger partial charge in [-0.15, -0.1) is 0 Å². The van der Waals surface area contributed by atoms with Crippen LogP contribution in [-0.2, 0) is 16.0 Å². The predicted molar refractivity (Wildman–Crippen MR) is 105 cm³/mol. The van der Waals surface area contributed by atoms with Gasteiger partial charge < -0.3 is 19.8 Å². The van der Waals surface area contributed by atoms with E-state index in [1.165, 1.54) is 0 Å². The molecule has 2 atom stereocenters. The van der Waals surface area contributed by atoms with Gasteiger partial charge in [-0.05, 0) is 37.6 Å². The molecule has 3 heterocycles. The van der Waals surface area contributed by atoms with Gasteiger partial charge in [-0.25, -0.2) is 4.98 Å². The fourth-order valence-corrected chi connectivity index (χ4v) is 3.33. The molecule has 0 radical (unpaired) electrons. The average Bonchev–Trinajstić information content (AvgIpc) is 3.13. The highest BCUT2D eigenvalue weighted by atomic mass is 16.5. The van der Waals surface area contributed by atoms with E-state index in [-0.39, 0.29) is 18.1 Å². The topological polar surface area (TPSA) is 89.1 Å². The van der Waals surface area contributed by atoms with Gasteiger partial charge in [0.05, 0.1) is 29.9 Å². The minimum absolute atomic E-state index is 0.0111. The number of amides is 1. The van der Waals surface area contributed by atoms with Gasteiger partial charge in [0.25, 0.3) is 0 Å². The van der Waals surface area contributed by atoms with Crippen LogP contribution in [0.25, 0.3) is 11.0 Å². The highest BCUT2D eigenvalue weighted by Crippen LogP contribution is 2.18. The van der Waals surface area contributed by atoms with Crippen molar-refractivity contribution in [2.45, 2.75) is 38.3 Å². The number of hydrogen-bond acceptors (Lipinski definition) is 5. The van der Waals surface area contributed by atoms with Crippen molar-refractivity contribution in [3.05, 3.63) is 54.1 Å². The van der Waals surface area contributed by atoms with Crippen LogP contribution in [0.1, 0.15) is 24.4 Å². The number of aromatic amines is 1. The molecule has 146 valence electrons. The van der Waals surface area contributed by atoms with Crippen LogP contribution in [0.15, 0.2) is 42.6 Å². The molecule has 1 saturated heterocycles. The Kier molecular flexibility index (Phi) is 5.53. The van der Waals surface area contributed by atoms with E-state index in [0.717, 1.165) is 29.0 Å². The molecule has 7 heteroatoms. The van der Waals surface area contributed by atoms with Crippen molar-refractivity contribution in [1.82, 2.24) is 20.3 Å². The molecule has 0 spiro atoms. The molecule has 3 aromatic rings. The number of H-pyrrole nitrogens is 1. The number of para-hydroxylation sites is 2. The minimum Gasteiger partial charge on any atom is -0.484 e. The molecular formula is C21H24N4O3. The van der Waals surface area contributed by atoms with E-state index in [1.54, 1.807) is 6.20 Å². The van der Waals surface area contributed by atoms with Crippen LogP contribution in [0.2, 0.25) is 0 Å². The van der Waals surface area contributed by atoms with Crippen LogP contribution in [0.4, 0.5) is 0 Å². The number of aryl methyl sites for hydroxylation is 2. The maximum atomic E-state index is 12.5. The zero-order chi connectivity index (χ0) is 19.3. The smallest absolute Gasteiger partial charge is 0.220 e. The first-order valence-electron chi connectivity index (χ1n) is 9.57. The second-order valence-corrected chi connectivity index (χ2v) is 7.03. The van der Waals surface area contributed by atoms with Crippen molar-refractivity contribution in [3.63, 3.8) is 0 Å². The molecule has 1 aromatic carbocycles. The lowest BCUT2D eigenvalue weighted by Crippen LogP contribution is -2.51. The van der Waals surface area contributed by atoms with Gasteiger partial charge in [-0.1, -0.05) is 12.1 Å². The standard InChI is InChI=1S/C21H24N4O3/c1-14-6-7-15(12-22-14)28-19-13-27-11-10-18(19)25-21(26)9-8-20-23-16-4-2-3-5-17(16)24-20/h2-7,12,18-19H,8-11,13H2,1H3,(H,23,24)(H,25,26)/t18-,19+/m1/s1. The highest BCUT2D eigenvalue weighted by molar-refractivity contribution is 5.77. The lowest BCUT2D eigenvalue weighted by molar-refractivity contribution is -0.124. The molecule has 4 rings (SSSR count). The summed E-state index contributed by atoms with van der Waals surface area (Å²) in [7, 11) is 0. The third kappa shape index (κ3) is 4.48. The van der Waals surface area contributed by atoms with Crippen LogP contribution in [-0.4, -0.2) is 46.2 Å². The van der Waals surface area contributed by atoms with Crippen molar-refractivity contribution in [2.24, 2.45) is 0 Å². The first-order chi connectivity index (χ1) is 13.7. The molecule has 1 aliphatic rings. The minimum atomic E-state index is -0.228. The van der Waals surface area contributed by atoms with Gasteiger partial charge in [0.1, 0.15) is 17.7 Å². The average molecular weight is 380 g/mol. The highest BCUT2D eigenvalue weighted by Gasteiger charge is 2.29. The number of benzene rings is 1. The molecule has 7 nitrogen and oxygen atoms in total. The second kappa shape index (κ2) is 8.39. The van der Waals surface area contributed by atoms with Crippen LogP contribution >= 0.6 is 0 Å². The largest absolute Gasteiger partial charge is 0.484 e. The van der Waals surface area contributed by atoms with Gasteiger partial charge >= 0.3 is 0 Å². The quantitative estimate of drug-likeness (QED) is 0.686. The molecule has 2 aromatic heterocycles. The van der Waals surface area contributed by atoms with E-state index >= 15 is 0 Å². The number of rotatable bonds is 6. The number of pyridine rings is 1. The number of ether oxygens (including phenoxy) is 2. The van der Waals surface area contributed by atoms with Gasteiger partial charge in [0.15, 0.2) is 0 Å². The molecule has 0 unspecified atom stereocenters. The Morgan fingerprint density at radius 2 is 2.21 bits per heavy atom. The maximum Gasteiger partial charge on any atom is 0.220 e. The Balaban J connectivity index is 1.33. The summed E-state index contributed by atoms with van der Waals surface area (Å²) in [5, 5.41) is 3.10. The van der Waals surface area contributed by atoms with Crippen molar-refractivity contribution in [1.29, 1.82) is 0 Å². The summed E-state index contributed by atoms with van der Waals surface area (Å²) in [4.78, 5) is 24.5. The summed E-state index contributed by atoms with van der Waals surface area (Å²) >= 11 is 0. The Morgan fingerprint density at radius 1 is 1.32 bits per heavy atom. The van der Waals surface area contributed by atoms with E-state index < -0.39 is 0 Å². The van der Waals surface area contributed by atoms with Gasteiger partial charge in [0, 0.05) is 25.1 Å². The summed E-state index contributed by atoms with van der Waals surface area (Å²) in [5.41, 5.74) is 2.84. The normalized spacial score (nSPS) is 19.5. The second-order valence-electron chi connectivity index (χ2n) is 7.03. The number of nitrogens with one attached hydrogen (secondary N) is 2. The van der Waals surface area contributed by atoms with Gasteiger partial charge in [0.2, 0.25) is 5.91 Å². The van der Waals surface area contributed by atoms with E-state index in [4.69, 9.17) is 9.47 Å². The number of carbonyl (C=O) groups excluding carboxylic acids is 1.